The number of halogens is 1. The van der Waals surface area contributed by atoms with Crippen molar-refractivity contribution in [2.24, 2.45) is 0 Å². The van der Waals surface area contributed by atoms with Gasteiger partial charge < -0.3 is 5.32 Å². The smallest absolute Gasteiger partial charge is 0.261 e. The Kier molecular flexibility index (Phi) is 8.01. The van der Waals surface area contributed by atoms with Crippen LogP contribution >= 0.6 is 11.6 Å². The average Bonchev–Trinajstić information content (AvgIpc) is 2.88. The van der Waals surface area contributed by atoms with Crippen LogP contribution in [-0.4, -0.2) is 22.7 Å². The molecule has 8 nitrogen and oxygen atoms in total. The molecule has 0 spiro atoms. The summed E-state index contributed by atoms with van der Waals surface area (Å²) in [6.45, 7) is 5.35. The van der Waals surface area contributed by atoms with Gasteiger partial charge in [-0.15, -0.1) is 0 Å². The summed E-state index contributed by atoms with van der Waals surface area (Å²) in [6, 6.07) is 21.7. The van der Waals surface area contributed by atoms with Crippen molar-refractivity contribution in [3.05, 3.63) is 112 Å². The van der Waals surface area contributed by atoms with Gasteiger partial charge >= 0.3 is 0 Å². The SMILES string of the molecule is Cc1ccc(S(=O)(=O)Nc2cc(C(=O)Nc3ccc(S(=O)(=O)Nc4cc(Cl)ccc4C)cc3)ccc2C)cc1. The summed E-state index contributed by atoms with van der Waals surface area (Å²) in [6.07, 6.45) is 0. The molecule has 202 valence electrons. The van der Waals surface area contributed by atoms with E-state index in [0.29, 0.717) is 27.5 Å². The molecule has 0 fully saturated rings. The van der Waals surface area contributed by atoms with Crippen molar-refractivity contribution in [2.75, 3.05) is 14.8 Å². The van der Waals surface area contributed by atoms with Gasteiger partial charge in [0.15, 0.2) is 0 Å². The van der Waals surface area contributed by atoms with Crippen LogP contribution in [-0.2, 0) is 20.0 Å². The molecule has 1 amide bonds. The summed E-state index contributed by atoms with van der Waals surface area (Å²) in [5, 5.41) is 3.10. The molecule has 39 heavy (non-hydrogen) atoms. The first-order valence-electron chi connectivity index (χ1n) is 11.7. The fourth-order valence-corrected chi connectivity index (χ4v) is 6.04. The Morgan fingerprint density at radius 2 is 1.13 bits per heavy atom. The van der Waals surface area contributed by atoms with Crippen LogP contribution in [0, 0.1) is 20.8 Å². The lowest BCUT2D eigenvalue weighted by molar-refractivity contribution is 0.102. The average molecular weight is 584 g/mol. The first-order valence-corrected chi connectivity index (χ1v) is 15.1. The maximum absolute atomic E-state index is 12.9. The molecular formula is C28H26ClN3O5S2. The van der Waals surface area contributed by atoms with Gasteiger partial charge in [-0.25, -0.2) is 16.8 Å². The Bertz CT molecular complexity index is 1750. The van der Waals surface area contributed by atoms with Gasteiger partial charge in [0, 0.05) is 16.3 Å². The number of carbonyl (C=O) groups is 1. The number of benzene rings is 4. The molecule has 0 saturated carbocycles. The molecule has 0 aliphatic carbocycles. The number of hydrogen-bond acceptors (Lipinski definition) is 5. The van der Waals surface area contributed by atoms with Crippen molar-refractivity contribution in [3.63, 3.8) is 0 Å². The third kappa shape index (κ3) is 6.78. The summed E-state index contributed by atoms with van der Waals surface area (Å²) < 4.78 is 56.4. The van der Waals surface area contributed by atoms with Crippen molar-refractivity contribution in [1.29, 1.82) is 0 Å². The van der Waals surface area contributed by atoms with Gasteiger partial charge in [0.2, 0.25) is 0 Å². The summed E-state index contributed by atoms with van der Waals surface area (Å²) in [7, 11) is -7.74. The van der Waals surface area contributed by atoms with E-state index in [4.69, 9.17) is 11.6 Å². The van der Waals surface area contributed by atoms with E-state index in [1.165, 1.54) is 48.5 Å². The molecule has 11 heteroatoms. The van der Waals surface area contributed by atoms with E-state index in [9.17, 15) is 21.6 Å². The van der Waals surface area contributed by atoms with Crippen molar-refractivity contribution >= 4 is 54.6 Å². The number of nitrogens with one attached hydrogen (secondary N) is 3. The molecule has 0 aromatic heterocycles. The normalized spacial score (nSPS) is 11.6. The van der Waals surface area contributed by atoms with Crippen LogP contribution in [0.15, 0.2) is 94.7 Å². The van der Waals surface area contributed by atoms with Crippen molar-refractivity contribution in [3.8, 4) is 0 Å². The number of hydrogen-bond donors (Lipinski definition) is 3. The summed E-state index contributed by atoms with van der Waals surface area (Å²) in [5.41, 5.74) is 3.50. The Morgan fingerprint density at radius 3 is 1.69 bits per heavy atom. The third-order valence-corrected chi connectivity index (χ3v) is 8.94. The van der Waals surface area contributed by atoms with E-state index in [1.54, 1.807) is 50.2 Å². The van der Waals surface area contributed by atoms with E-state index in [-0.39, 0.29) is 21.0 Å². The molecule has 0 heterocycles. The van der Waals surface area contributed by atoms with Crippen molar-refractivity contribution < 1.29 is 21.6 Å². The van der Waals surface area contributed by atoms with E-state index < -0.39 is 26.0 Å². The topological polar surface area (TPSA) is 121 Å². The van der Waals surface area contributed by atoms with Crippen LogP contribution in [0.25, 0.3) is 0 Å². The number of anilines is 3. The lowest BCUT2D eigenvalue weighted by Crippen LogP contribution is -2.16. The van der Waals surface area contributed by atoms with Gasteiger partial charge in [-0.05, 0) is 92.6 Å². The second kappa shape index (κ2) is 11.1. The molecule has 0 bridgehead atoms. The first-order chi connectivity index (χ1) is 18.3. The third-order valence-electron chi connectivity index (χ3n) is 5.94. The van der Waals surface area contributed by atoms with Gasteiger partial charge in [-0.3, -0.25) is 14.2 Å². The highest BCUT2D eigenvalue weighted by Gasteiger charge is 2.18. The van der Waals surface area contributed by atoms with Crippen LogP contribution in [0.5, 0.6) is 0 Å². The summed E-state index contributed by atoms with van der Waals surface area (Å²) in [4.78, 5) is 13.0. The highest BCUT2D eigenvalue weighted by atomic mass is 35.5. The van der Waals surface area contributed by atoms with Gasteiger partial charge in [0.1, 0.15) is 0 Å². The Morgan fingerprint density at radius 1 is 0.641 bits per heavy atom. The quantitative estimate of drug-likeness (QED) is 0.231. The molecule has 4 rings (SSSR count). The Labute approximate surface area is 233 Å². The highest BCUT2D eigenvalue weighted by Crippen LogP contribution is 2.25. The Hall–Kier alpha value is -3.86. The molecular weight excluding hydrogens is 558 g/mol. The van der Waals surface area contributed by atoms with E-state index in [0.717, 1.165) is 5.56 Å². The van der Waals surface area contributed by atoms with Gasteiger partial charge in [0.05, 0.1) is 21.2 Å². The number of rotatable bonds is 8. The predicted molar refractivity (Wildman–Crippen MR) is 155 cm³/mol. The zero-order valence-electron chi connectivity index (χ0n) is 21.3. The van der Waals surface area contributed by atoms with Gasteiger partial charge in [-0.1, -0.05) is 41.4 Å². The molecule has 0 atom stereocenters. The van der Waals surface area contributed by atoms with E-state index >= 15 is 0 Å². The second-order valence-electron chi connectivity index (χ2n) is 8.99. The molecule has 0 saturated heterocycles. The molecule has 0 aliphatic heterocycles. The minimum atomic E-state index is -3.89. The first kappa shape index (κ1) is 28.2. The minimum Gasteiger partial charge on any atom is -0.322 e. The maximum atomic E-state index is 12.9. The van der Waals surface area contributed by atoms with Crippen molar-refractivity contribution in [2.45, 2.75) is 30.6 Å². The largest absolute Gasteiger partial charge is 0.322 e. The highest BCUT2D eigenvalue weighted by molar-refractivity contribution is 7.93. The number of aryl methyl sites for hydroxylation is 3. The molecule has 3 N–H and O–H groups in total. The van der Waals surface area contributed by atoms with Crippen molar-refractivity contribution in [1.82, 2.24) is 0 Å². The monoisotopic (exact) mass is 583 g/mol. The number of amides is 1. The number of sulfonamides is 2. The van der Waals surface area contributed by atoms with Crippen LogP contribution < -0.4 is 14.8 Å². The van der Waals surface area contributed by atoms with E-state index in [1.807, 2.05) is 6.92 Å². The fourth-order valence-electron chi connectivity index (χ4n) is 3.62. The Balaban J connectivity index is 1.48. The molecule has 0 radical (unpaired) electrons. The predicted octanol–water partition coefficient (Wildman–Crippen LogP) is 6.12. The fraction of sp³-hybridized carbons (Fsp3) is 0.107. The lowest BCUT2D eigenvalue weighted by atomic mass is 10.1. The van der Waals surface area contributed by atoms with E-state index in [2.05, 4.69) is 14.8 Å². The second-order valence-corrected chi connectivity index (χ2v) is 12.8. The van der Waals surface area contributed by atoms with Gasteiger partial charge in [0.25, 0.3) is 26.0 Å². The lowest BCUT2D eigenvalue weighted by Gasteiger charge is -2.13. The van der Waals surface area contributed by atoms with Crippen LogP contribution in [0.4, 0.5) is 17.1 Å². The standard InChI is InChI=1S/C28H26ClN3O5S2/c1-18-4-12-24(13-5-18)38(34,35)31-26-16-21(8-6-19(26)2)28(33)30-23-10-14-25(15-11-23)39(36,37)32-27-17-22(29)9-7-20(27)3/h4-17,31-32H,1-3H3,(H,30,33). The minimum absolute atomic E-state index is 0.00279. The van der Waals surface area contributed by atoms with Crippen LogP contribution in [0.3, 0.4) is 0 Å². The summed E-state index contributed by atoms with van der Waals surface area (Å²) >= 11 is 5.99. The summed E-state index contributed by atoms with van der Waals surface area (Å²) in [5.74, 6) is -0.492. The molecule has 0 aliphatic rings. The molecule has 4 aromatic rings. The number of carbonyl (C=O) groups excluding carboxylic acids is 1. The van der Waals surface area contributed by atoms with Crippen LogP contribution in [0.1, 0.15) is 27.0 Å². The zero-order chi connectivity index (χ0) is 28.4. The van der Waals surface area contributed by atoms with Gasteiger partial charge in [-0.2, -0.15) is 0 Å². The molecule has 4 aromatic carbocycles. The zero-order valence-corrected chi connectivity index (χ0v) is 23.7. The maximum Gasteiger partial charge on any atom is 0.261 e. The van der Waals surface area contributed by atoms with Crippen LogP contribution in [0.2, 0.25) is 5.02 Å². The molecule has 0 unspecified atom stereocenters.